The van der Waals surface area contributed by atoms with Gasteiger partial charge in [-0.15, -0.1) is 0 Å². The average molecular weight is 299 g/mol. The molecule has 1 amide bonds. The summed E-state index contributed by atoms with van der Waals surface area (Å²) < 4.78 is 0. The molecule has 21 heavy (non-hydrogen) atoms. The summed E-state index contributed by atoms with van der Waals surface area (Å²) >= 11 is 5.95. The van der Waals surface area contributed by atoms with E-state index in [9.17, 15) is 4.79 Å². The molecule has 0 spiro atoms. The van der Waals surface area contributed by atoms with Crippen molar-refractivity contribution in [2.45, 2.75) is 6.92 Å². The normalized spacial score (nSPS) is 11.6. The summed E-state index contributed by atoms with van der Waals surface area (Å²) in [6.07, 6.45) is 3.77. The Morgan fingerprint density at radius 1 is 1.10 bits per heavy atom. The number of hydrazone groups is 1. The molecule has 0 saturated carbocycles. The molecule has 0 aliphatic rings. The van der Waals surface area contributed by atoms with Gasteiger partial charge in [-0.3, -0.25) is 4.79 Å². The topological polar surface area (TPSA) is 41.5 Å². The zero-order valence-electron chi connectivity index (χ0n) is 11.6. The zero-order valence-corrected chi connectivity index (χ0v) is 12.3. The number of amides is 1. The van der Waals surface area contributed by atoms with Gasteiger partial charge in [0.1, 0.15) is 0 Å². The molecule has 4 heteroatoms. The van der Waals surface area contributed by atoms with E-state index in [4.69, 9.17) is 11.6 Å². The van der Waals surface area contributed by atoms with Gasteiger partial charge in [0.15, 0.2) is 0 Å². The van der Waals surface area contributed by atoms with Gasteiger partial charge < -0.3 is 0 Å². The molecular weight excluding hydrogens is 284 g/mol. The third kappa shape index (κ3) is 4.58. The largest absolute Gasteiger partial charge is 0.272 e. The van der Waals surface area contributed by atoms with Crippen LogP contribution < -0.4 is 5.43 Å². The molecule has 2 aromatic carbocycles. The van der Waals surface area contributed by atoms with Gasteiger partial charge in [-0.25, -0.2) is 5.43 Å². The first-order valence-corrected chi connectivity index (χ1v) is 6.87. The minimum absolute atomic E-state index is 0.326. The highest BCUT2D eigenvalue weighted by molar-refractivity contribution is 6.33. The molecule has 0 saturated heterocycles. The number of hydrogen-bond donors (Lipinski definition) is 1. The Morgan fingerprint density at radius 3 is 2.48 bits per heavy atom. The lowest BCUT2D eigenvalue weighted by Gasteiger charge is -2.02. The summed E-state index contributed by atoms with van der Waals surface area (Å²) in [6, 6.07) is 16.7. The molecule has 2 rings (SSSR count). The van der Waals surface area contributed by atoms with E-state index in [1.165, 1.54) is 0 Å². The molecule has 0 aromatic heterocycles. The Hall–Kier alpha value is -2.39. The molecule has 0 unspecified atom stereocenters. The van der Waals surface area contributed by atoms with Gasteiger partial charge in [-0.2, -0.15) is 5.10 Å². The van der Waals surface area contributed by atoms with E-state index in [0.29, 0.717) is 16.3 Å². The van der Waals surface area contributed by atoms with Crippen LogP contribution in [0, 0.1) is 0 Å². The first kappa shape index (κ1) is 15.0. The fraction of sp³-hybridized carbons (Fsp3) is 0.0588. The molecule has 0 aliphatic heterocycles. The van der Waals surface area contributed by atoms with Crippen LogP contribution in [-0.2, 0) is 0 Å². The fourth-order valence-electron chi connectivity index (χ4n) is 1.66. The lowest BCUT2D eigenvalue weighted by molar-refractivity contribution is 0.0955. The number of nitrogens with one attached hydrogen (secondary N) is 1. The van der Waals surface area contributed by atoms with Crippen molar-refractivity contribution in [2.24, 2.45) is 5.10 Å². The van der Waals surface area contributed by atoms with Gasteiger partial charge in [-0.05, 0) is 30.7 Å². The molecule has 106 valence electrons. The third-order valence-electron chi connectivity index (χ3n) is 2.77. The molecular formula is C17H15ClN2O. The third-order valence-corrected chi connectivity index (χ3v) is 3.10. The molecule has 0 atom stereocenters. The maximum Gasteiger partial charge on any atom is 0.272 e. The van der Waals surface area contributed by atoms with E-state index in [-0.39, 0.29) is 5.91 Å². The summed E-state index contributed by atoms with van der Waals surface area (Å²) in [6.45, 7) is 1.81. The highest BCUT2D eigenvalue weighted by Gasteiger charge is 2.07. The number of carbonyl (C=O) groups is 1. The predicted octanol–water partition coefficient (Wildman–Crippen LogP) is 4.16. The van der Waals surface area contributed by atoms with Crippen molar-refractivity contribution >= 4 is 29.3 Å². The summed E-state index contributed by atoms with van der Waals surface area (Å²) in [7, 11) is 0. The second-order valence-electron chi connectivity index (χ2n) is 4.42. The molecule has 0 bridgehead atoms. The van der Waals surface area contributed by atoms with Crippen molar-refractivity contribution in [3.05, 3.63) is 76.8 Å². The van der Waals surface area contributed by atoms with Crippen LogP contribution in [-0.4, -0.2) is 11.6 Å². The Kier molecular flexibility index (Phi) is 5.29. The smallest absolute Gasteiger partial charge is 0.267 e. The van der Waals surface area contributed by atoms with Crippen LogP contribution in [0.5, 0.6) is 0 Å². The lowest BCUT2D eigenvalue weighted by Crippen LogP contribution is -2.19. The van der Waals surface area contributed by atoms with E-state index >= 15 is 0 Å². The monoisotopic (exact) mass is 298 g/mol. The highest BCUT2D eigenvalue weighted by Crippen LogP contribution is 2.14. The lowest BCUT2D eigenvalue weighted by atomic mass is 10.2. The van der Waals surface area contributed by atoms with Crippen molar-refractivity contribution in [2.75, 3.05) is 0 Å². The van der Waals surface area contributed by atoms with Gasteiger partial charge >= 0.3 is 0 Å². The highest BCUT2D eigenvalue weighted by atomic mass is 35.5. The van der Waals surface area contributed by atoms with Gasteiger partial charge in [0, 0.05) is 0 Å². The summed E-state index contributed by atoms with van der Waals surface area (Å²) in [5, 5.41) is 4.43. The molecule has 0 heterocycles. The maximum absolute atomic E-state index is 11.9. The molecule has 0 aliphatic carbocycles. The number of hydrogen-bond acceptors (Lipinski definition) is 2. The van der Waals surface area contributed by atoms with Gasteiger partial charge in [-0.1, -0.05) is 60.1 Å². The summed E-state index contributed by atoms with van der Waals surface area (Å²) in [5.41, 5.74) is 4.66. The maximum atomic E-state index is 11.9. The van der Waals surface area contributed by atoms with Gasteiger partial charge in [0.05, 0.1) is 16.3 Å². The Labute approximate surface area is 129 Å². The zero-order chi connectivity index (χ0) is 15.1. The Bertz CT molecular complexity index is 678. The van der Waals surface area contributed by atoms with Gasteiger partial charge in [0.2, 0.25) is 0 Å². The number of benzene rings is 2. The van der Waals surface area contributed by atoms with Crippen LogP contribution in [0.15, 0.2) is 65.8 Å². The van der Waals surface area contributed by atoms with Crippen LogP contribution >= 0.6 is 11.6 Å². The second kappa shape index (κ2) is 7.41. The number of rotatable bonds is 4. The first-order chi connectivity index (χ1) is 10.2. The number of nitrogens with zero attached hydrogens (tertiary/aromatic N) is 1. The molecule has 1 N–H and O–H groups in total. The van der Waals surface area contributed by atoms with Crippen LogP contribution in [0.4, 0.5) is 0 Å². The van der Waals surface area contributed by atoms with Crippen molar-refractivity contribution in [1.29, 1.82) is 0 Å². The van der Waals surface area contributed by atoms with Gasteiger partial charge in [0.25, 0.3) is 5.91 Å². The van der Waals surface area contributed by atoms with Crippen LogP contribution in [0.3, 0.4) is 0 Å². The fourth-order valence-corrected chi connectivity index (χ4v) is 1.88. The van der Waals surface area contributed by atoms with E-state index < -0.39 is 0 Å². The summed E-state index contributed by atoms with van der Waals surface area (Å²) in [4.78, 5) is 11.9. The minimum Gasteiger partial charge on any atom is -0.267 e. The number of allylic oxidation sites excluding steroid dienone is 1. The number of carbonyl (C=O) groups excluding carboxylic acids is 1. The molecule has 0 fully saturated rings. The van der Waals surface area contributed by atoms with Crippen LogP contribution in [0.25, 0.3) is 6.08 Å². The van der Waals surface area contributed by atoms with Crippen molar-refractivity contribution in [1.82, 2.24) is 5.43 Å². The average Bonchev–Trinajstić information content (AvgIpc) is 2.52. The first-order valence-electron chi connectivity index (χ1n) is 6.49. The standard InChI is InChI=1S/C17H15ClN2O/c1-13(11-12-14-7-3-2-4-8-14)19-20-17(21)15-9-5-6-10-16(15)18/h2-12H,1H3,(H,20,21)/b12-11+,19-13-. The van der Waals surface area contributed by atoms with E-state index in [1.54, 1.807) is 24.3 Å². The van der Waals surface area contributed by atoms with Crippen molar-refractivity contribution in [3.8, 4) is 0 Å². The molecule has 3 nitrogen and oxygen atoms in total. The van der Waals surface area contributed by atoms with E-state index in [0.717, 1.165) is 5.56 Å². The summed E-state index contributed by atoms with van der Waals surface area (Å²) in [5.74, 6) is -0.326. The predicted molar refractivity (Wildman–Crippen MR) is 87.5 cm³/mol. The molecule has 2 aromatic rings. The van der Waals surface area contributed by atoms with Crippen molar-refractivity contribution < 1.29 is 4.79 Å². The Morgan fingerprint density at radius 2 is 1.76 bits per heavy atom. The van der Waals surface area contributed by atoms with Crippen molar-refractivity contribution in [3.63, 3.8) is 0 Å². The van der Waals surface area contributed by atoms with Crippen LogP contribution in [0.2, 0.25) is 5.02 Å². The molecule has 0 radical (unpaired) electrons. The number of halogens is 1. The van der Waals surface area contributed by atoms with E-state index in [1.807, 2.05) is 49.4 Å². The minimum atomic E-state index is -0.326. The SMILES string of the molecule is CC(/C=C/c1ccccc1)=N/NC(=O)c1ccccc1Cl. The van der Waals surface area contributed by atoms with Crippen LogP contribution in [0.1, 0.15) is 22.8 Å². The Balaban J connectivity index is 1.99. The van der Waals surface area contributed by atoms with E-state index in [2.05, 4.69) is 10.5 Å². The second-order valence-corrected chi connectivity index (χ2v) is 4.83. The quantitative estimate of drug-likeness (QED) is 0.668.